The van der Waals surface area contributed by atoms with Gasteiger partial charge in [-0.2, -0.15) is 0 Å². The molecule has 33 heavy (non-hydrogen) atoms. The van der Waals surface area contributed by atoms with Crippen LogP contribution < -0.4 is 5.32 Å². The van der Waals surface area contributed by atoms with Gasteiger partial charge in [0.1, 0.15) is 5.75 Å². The minimum Gasteiger partial charge on any atom is -0.507 e. The maximum atomic E-state index is 11.7. The molecule has 0 aromatic heterocycles. The number of amides is 1. The van der Waals surface area contributed by atoms with Gasteiger partial charge in [-0.05, 0) is 92.0 Å². The van der Waals surface area contributed by atoms with Crippen molar-refractivity contribution in [3.8, 4) is 5.75 Å². The lowest BCUT2D eigenvalue weighted by atomic mass is 9.85. The summed E-state index contributed by atoms with van der Waals surface area (Å²) in [5, 5.41) is 13.8. The lowest BCUT2D eigenvalue weighted by molar-refractivity contribution is -0.129. The van der Waals surface area contributed by atoms with Gasteiger partial charge in [-0.3, -0.25) is 4.79 Å². The average Bonchev–Trinajstić information content (AvgIpc) is 3.02. The summed E-state index contributed by atoms with van der Waals surface area (Å²) in [5.41, 5.74) is 6.44. The number of halogens is 2. The minimum atomic E-state index is 0.142. The van der Waals surface area contributed by atoms with Crippen molar-refractivity contribution in [2.75, 3.05) is 13.1 Å². The third kappa shape index (κ3) is 6.98. The predicted octanol–water partition coefficient (Wildman–Crippen LogP) is 7.71. The number of dihydropyridines is 1. The van der Waals surface area contributed by atoms with Crippen LogP contribution in [0.25, 0.3) is 5.57 Å². The summed E-state index contributed by atoms with van der Waals surface area (Å²) in [5.74, 6) is 0.437. The van der Waals surface area contributed by atoms with E-state index in [9.17, 15) is 9.90 Å². The van der Waals surface area contributed by atoms with Gasteiger partial charge in [-0.1, -0.05) is 53.2 Å². The first-order valence-electron chi connectivity index (χ1n) is 12.3. The number of hydrogen-bond donors (Lipinski definition) is 2. The van der Waals surface area contributed by atoms with Gasteiger partial charge in [0.05, 0.1) is 10.5 Å². The Labute approximate surface area is 217 Å². The summed E-state index contributed by atoms with van der Waals surface area (Å²) in [6, 6.07) is 3.97. The van der Waals surface area contributed by atoms with E-state index in [1.807, 2.05) is 58.7 Å². The van der Waals surface area contributed by atoms with E-state index in [1.54, 1.807) is 13.0 Å². The molecule has 0 spiro atoms. The van der Waals surface area contributed by atoms with E-state index in [1.165, 1.54) is 27.8 Å². The van der Waals surface area contributed by atoms with Crippen LogP contribution in [-0.4, -0.2) is 35.0 Å². The van der Waals surface area contributed by atoms with Gasteiger partial charge in [-0.25, -0.2) is 0 Å². The molecule has 1 atom stereocenters. The third-order valence-corrected chi connectivity index (χ3v) is 7.08. The fourth-order valence-electron chi connectivity index (χ4n) is 4.34. The highest BCUT2D eigenvalue weighted by Gasteiger charge is 2.32. The Morgan fingerprint density at radius 1 is 1.00 bits per heavy atom. The van der Waals surface area contributed by atoms with Gasteiger partial charge < -0.3 is 15.3 Å². The molecule has 1 aromatic rings. The van der Waals surface area contributed by atoms with Crippen molar-refractivity contribution in [1.82, 2.24) is 10.2 Å². The van der Waals surface area contributed by atoms with E-state index in [4.69, 9.17) is 0 Å². The number of carbonyl (C=O) groups excluding carboxylic acids is 1. The van der Waals surface area contributed by atoms with Gasteiger partial charge in [0, 0.05) is 30.7 Å². The van der Waals surface area contributed by atoms with Crippen molar-refractivity contribution in [2.45, 2.75) is 80.2 Å². The predicted molar refractivity (Wildman–Crippen MR) is 149 cm³/mol. The van der Waals surface area contributed by atoms with Crippen molar-refractivity contribution in [3.05, 3.63) is 55.6 Å². The summed E-state index contributed by atoms with van der Waals surface area (Å²) in [6.07, 6.45) is 7.83. The number of phenolic OH excluding ortho intramolecular Hbond substituents is 1. The fourth-order valence-corrected chi connectivity index (χ4v) is 5.31. The van der Waals surface area contributed by atoms with E-state index in [0.29, 0.717) is 0 Å². The molecule has 1 fully saturated rings. The highest BCUT2D eigenvalue weighted by molar-refractivity contribution is 9.12. The van der Waals surface area contributed by atoms with E-state index in [-0.39, 0.29) is 17.7 Å². The van der Waals surface area contributed by atoms with Gasteiger partial charge in [-0.15, -0.1) is 0 Å². The van der Waals surface area contributed by atoms with Crippen molar-refractivity contribution in [3.63, 3.8) is 0 Å². The number of carbonyl (C=O) groups is 1. The average molecular weight is 584 g/mol. The number of piperidine rings is 1. The monoisotopic (exact) mass is 582 g/mol. The second kappa shape index (κ2) is 14.7. The van der Waals surface area contributed by atoms with Crippen LogP contribution in [0, 0.1) is 0 Å². The highest BCUT2D eigenvalue weighted by atomic mass is 79.9. The number of fused-ring (bicyclic) bond motifs is 2. The van der Waals surface area contributed by atoms with Crippen LogP contribution >= 0.6 is 31.9 Å². The summed E-state index contributed by atoms with van der Waals surface area (Å²) in [7, 11) is 0. The van der Waals surface area contributed by atoms with Gasteiger partial charge >= 0.3 is 0 Å². The van der Waals surface area contributed by atoms with Crippen molar-refractivity contribution >= 4 is 43.3 Å². The van der Waals surface area contributed by atoms with Crippen molar-refractivity contribution in [1.29, 1.82) is 0 Å². The molecule has 1 amide bonds. The van der Waals surface area contributed by atoms with E-state index in [0.717, 1.165) is 47.7 Å². The minimum absolute atomic E-state index is 0.142. The molecule has 1 aliphatic carbocycles. The third-order valence-electron chi connectivity index (χ3n) is 5.74. The molecule has 0 radical (unpaired) electrons. The van der Waals surface area contributed by atoms with Crippen LogP contribution in [0.15, 0.2) is 44.5 Å². The standard InChI is InChI=1S/C21H22Br2N2O2.3C2H6/c1-12(26)25-8-6-13(7-9-25)19-16-4-5-18(27)20(23)17(16)3-2-14-10-15(22)11-24-21(14)19;3*1-2/h4-5,10-11,21,24,27H,2-3,6-9H2,1H3;3*1-2H3. The van der Waals surface area contributed by atoms with E-state index >= 15 is 0 Å². The Morgan fingerprint density at radius 3 is 2.18 bits per heavy atom. The number of hydrogen-bond acceptors (Lipinski definition) is 3. The molecular formula is C27H40Br2N2O2. The number of rotatable bonds is 0. The Morgan fingerprint density at radius 2 is 1.61 bits per heavy atom. The number of nitrogens with zero attached hydrogens (tertiary/aromatic N) is 1. The van der Waals surface area contributed by atoms with Gasteiger partial charge in [0.2, 0.25) is 5.91 Å². The molecule has 4 nitrogen and oxygen atoms in total. The lowest BCUT2D eigenvalue weighted by Gasteiger charge is -2.33. The zero-order valence-corrected chi connectivity index (χ0v) is 24.4. The van der Waals surface area contributed by atoms with E-state index in [2.05, 4.69) is 43.3 Å². The number of allylic oxidation sites excluding steroid dienone is 2. The molecule has 1 saturated heterocycles. The van der Waals surface area contributed by atoms with Crippen molar-refractivity contribution in [2.24, 2.45) is 0 Å². The second-order valence-electron chi connectivity index (χ2n) is 7.30. The molecule has 184 valence electrons. The summed E-state index contributed by atoms with van der Waals surface area (Å²) in [6.45, 7) is 15.2. The Hall–Kier alpha value is -1.53. The molecular weight excluding hydrogens is 544 g/mol. The molecule has 2 N–H and O–H groups in total. The van der Waals surface area contributed by atoms with Crippen LogP contribution in [0.3, 0.4) is 0 Å². The summed E-state index contributed by atoms with van der Waals surface area (Å²) in [4.78, 5) is 13.6. The SMILES string of the molecule is CC.CC.CC.CC(=O)N1CCC(=C2c3ccc(O)c(Br)c3CCC3=CC(Br)=CNC32)CC1. The zero-order chi connectivity index (χ0) is 25.1. The normalized spacial score (nSPS) is 18.7. The van der Waals surface area contributed by atoms with Crippen LogP contribution in [0.5, 0.6) is 5.75 Å². The first-order chi connectivity index (χ1) is 16.0. The summed E-state index contributed by atoms with van der Waals surface area (Å²) >= 11 is 7.19. The molecule has 1 unspecified atom stereocenters. The number of likely N-dealkylation sites (tertiary alicyclic amines) is 1. The lowest BCUT2D eigenvalue weighted by Crippen LogP contribution is -2.36. The molecule has 3 aliphatic rings. The molecule has 2 heterocycles. The topological polar surface area (TPSA) is 52.6 Å². The first kappa shape index (κ1) is 29.5. The van der Waals surface area contributed by atoms with Crippen LogP contribution in [0.4, 0.5) is 0 Å². The zero-order valence-electron chi connectivity index (χ0n) is 21.2. The van der Waals surface area contributed by atoms with Gasteiger partial charge in [0.15, 0.2) is 0 Å². The second-order valence-corrected chi connectivity index (χ2v) is 9.00. The number of benzene rings is 1. The maximum absolute atomic E-state index is 11.7. The number of nitrogens with one attached hydrogen (secondary N) is 1. The first-order valence-corrected chi connectivity index (χ1v) is 13.8. The molecule has 0 saturated carbocycles. The quantitative estimate of drug-likeness (QED) is 0.329. The molecule has 1 aromatic carbocycles. The Balaban J connectivity index is 0.000000841. The Kier molecular flexibility index (Phi) is 13.1. The van der Waals surface area contributed by atoms with E-state index < -0.39 is 0 Å². The largest absolute Gasteiger partial charge is 0.507 e. The number of phenols is 1. The smallest absolute Gasteiger partial charge is 0.219 e. The fraction of sp³-hybridized carbons (Fsp3) is 0.519. The van der Waals surface area contributed by atoms with Crippen LogP contribution in [0.2, 0.25) is 0 Å². The summed E-state index contributed by atoms with van der Waals surface area (Å²) < 4.78 is 1.85. The molecule has 2 aliphatic heterocycles. The van der Waals surface area contributed by atoms with Gasteiger partial charge in [0.25, 0.3) is 0 Å². The van der Waals surface area contributed by atoms with Crippen LogP contribution in [0.1, 0.15) is 78.9 Å². The van der Waals surface area contributed by atoms with Crippen molar-refractivity contribution < 1.29 is 9.90 Å². The molecule has 0 bridgehead atoms. The molecule has 6 heteroatoms. The number of aromatic hydroxyl groups is 1. The highest BCUT2D eigenvalue weighted by Crippen LogP contribution is 2.43. The maximum Gasteiger partial charge on any atom is 0.219 e. The van der Waals surface area contributed by atoms with Crippen LogP contribution in [-0.2, 0) is 11.2 Å². The Bertz CT molecular complexity index is 894. The molecule has 4 rings (SSSR count).